The number of methoxy groups -OCH3 is 2. The number of nitrogens with zero attached hydrogens (tertiary/aromatic N) is 1. The fourth-order valence-corrected chi connectivity index (χ4v) is 5.12. The van der Waals surface area contributed by atoms with E-state index in [-0.39, 0.29) is 6.04 Å². The van der Waals surface area contributed by atoms with Gasteiger partial charge in [-0.3, -0.25) is 9.69 Å². The van der Waals surface area contributed by atoms with Crippen molar-refractivity contribution in [1.82, 2.24) is 4.90 Å². The molecular weight excluding hydrogens is 418 g/mol. The van der Waals surface area contributed by atoms with E-state index in [1.807, 2.05) is 30.3 Å². The van der Waals surface area contributed by atoms with Crippen molar-refractivity contribution in [2.45, 2.75) is 31.3 Å². The number of hydrogen-bond donors (Lipinski definition) is 1. The molecule has 1 aromatic carbocycles. The number of hydrogen-bond acceptors (Lipinski definition) is 5. The Labute approximate surface area is 165 Å². The summed E-state index contributed by atoms with van der Waals surface area (Å²) >= 11 is 5.15. The van der Waals surface area contributed by atoms with Crippen LogP contribution in [0, 0.1) is 0 Å². The van der Waals surface area contributed by atoms with Crippen molar-refractivity contribution in [3.8, 4) is 11.5 Å². The van der Waals surface area contributed by atoms with Crippen molar-refractivity contribution in [3.05, 3.63) is 44.6 Å². The molecule has 1 N–H and O–H groups in total. The average Bonchev–Trinajstić information content (AvgIpc) is 3.08. The summed E-state index contributed by atoms with van der Waals surface area (Å²) < 4.78 is 12.0. The lowest BCUT2D eigenvalue weighted by Crippen LogP contribution is -2.46. The molecule has 7 heteroatoms. The maximum absolute atomic E-state index is 11.9. The van der Waals surface area contributed by atoms with Crippen LogP contribution in [0.2, 0.25) is 0 Å². The maximum Gasteiger partial charge on any atom is 0.320 e. The summed E-state index contributed by atoms with van der Waals surface area (Å²) in [6.45, 7) is 0.734. The van der Waals surface area contributed by atoms with Crippen molar-refractivity contribution in [2.24, 2.45) is 0 Å². The molecule has 1 fully saturated rings. The molecule has 2 heterocycles. The van der Waals surface area contributed by atoms with Gasteiger partial charge in [0, 0.05) is 10.4 Å². The lowest BCUT2D eigenvalue weighted by atomic mass is 9.94. The van der Waals surface area contributed by atoms with Crippen molar-refractivity contribution in [1.29, 1.82) is 0 Å². The number of rotatable bonds is 6. The number of carboxylic acid groups (broad SMARTS) is 1. The summed E-state index contributed by atoms with van der Waals surface area (Å²) in [5, 5.41) is 9.78. The van der Waals surface area contributed by atoms with Crippen LogP contribution in [-0.4, -0.2) is 42.8 Å². The average molecular weight is 440 g/mol. The second-order valence-electron chi connectivity index (χ2n) is 6.24. The van der Waals surface area contributed by atoms with Gasteiger partial charge in [0.2, 0.25) is 0 Å². The van der Waals surface area contributed by atoms with Gasteiger partial charge >= 0.3 is 5.97 Å². The third kappa shape index (κ3) is 3.89. The van der Waals surface area contributed by atoms with E-state index in [0.717, 1.165) is 45.1 Å². The van der Waals surface area contributed by atoms with E-state index in [1.165, 1.54) is 0 Å². The van der Waals surface area contributed by atoms with Crippen LogP contribution in [0.1, 0.15) is 35.7 Å². The molecule has 1 aromatic heterocycles. The van der Waals surface area contributed by atoms with E-state index in [0.29, 0.717) is 6.42 Å². The number of aliphatic carboxylic acids is 1. The van der Waals surface area contributed by atoms with E-state index < -0.39 is 12.0 Å². The highest BCUT2D eigenvalue weighted by atomic mass is 79.9. The molecule has 0 spiro atoms. The van der Waals surface area contributed by atoms with Crippen LogP contribution in [0.4, 0.5) is 0 Å². The van der Waals surface area contributed by atoms with Crippen LogP contribution >= 0.6 is 27.3 Å². The van der Waals surface area contributed by atoms with E-state index in [1.54, 1.807) is 25.6 Å². The molecule has 0 radical (unpaired) electrons. The summed E-state index contributed by atoms with van der Waals surface area (Å²) in [6.07, 6.45) is 2.58. The van der Waals surface area contributed by atoms with Gasteiger partial charge in [-0.15, -0.1) is 11.3 Å². The lowest BCUT2D eigenvalue weighted by Gasteiger charge is -2.39. The highest BCUT2D eigenvalue weighted by Gasteiger charge is 2.37. The number of ether oxygens (including phenoxy) is 2. The number of piperidine rings is 1. The smallest absolute Gasteiger partial charge is 0.320 e. The SMILES string of the molecule is COc1ccc(OC)c(C(c2ccc(Br)s2)N2CCCCC2C(=O)O)c1. The van der Waals surface area contributed by atoms with Crippen molar-refractivity contribution in [2.75, 3.05) is 20.8 Å². The van der Waals surface area contributed by atoms with Crippen LogP contribution in [0.15, 0.2) is 34.1 Å². The van der Waals surface area contributed by atoms with Crippen LogP contribution in [0.3, 0.4) is 0 Å². The first-order valence-electron chi connectivity index (χ1n) is 8.51. The van der Waals surface area contributed by atoms with Gasteiger partial charge in [-0.05, 0) is 65.6 Å². The summed E-state index contributed by atoms with van der Waals surface area (Å²) in [7, 11) is 3.26. The highest BCUT2D eigenvalue weighted by molar-refractivity contribution is 9.11. The first-order chi connectivity index (χ1) is 12.5. The first-order valence-corrected chi connectivity index (χ1v) is 10.1. The molecular formula is C19H22BrNO4S. The Morgan fingerprint density at radius 1 is 1.27 bits per heavy atom. The molecule has 1 aliphatic rings. The fourth-order valence-electron chi connectivity index (χ4n) is 3.55. The van der Waals surface area contributed by atoms with Gasteiger partial charge in [-0.2, -0.15) is 0 Å². The second kappa shape index (κ2) is 8.41. The molecule has 140 valence electrons. The van der Waals surface area contributed by atoms with Gasteiger partial charge in [0.15, 0.2) is 0 Å². The molecule has 0 aliphatic carbocycles. The van der Waals surface area contributed by atoms with Crippen LogP contribution in [0.5, 0.6) is 11.5 Å². The molecule has 1 saturated heterocycles. The molecule has 26 heavy (non-hydrogen) atoms. The number of halogens is 1. The summed E-state index contributed by atoms with van der Waals surface area (Å²) in [5.41, 5.74) is 0.925. The zero-order valence-electron chi connectivity index (χ0n) is 14.8. The quantitative estimate of drug-likeness (QED) is 0.714. The fraction of sp³-hybridized carbons (Fsp3) is 0.421. The van der Waals surface area contributed by atoms with Gasteiger partial charge in [0.05, 0.1) is 24.0 Å². The van der Waals surface area contributed by atoms with Gasteiger partial charge in [-0.1, -0.05) is 6.42 Å². The molecule has 0 saturated carbocycles. The number of likely N-dealkylation sites (tertiary alicyclic amines) is 1. The molecule has 3 rings (SSSR count). The minimum absolute atomic E-state index is 0.197. The van der Waals surface area contributed by atoms with Crippen molar-refractivity contribution >= 4 is 33.2 Å². The van der Waals surface area contributed by atoms with Crippen LogP contribution in [0.25, 0.3) is 0 Å². The number of thiophene rings is 1. The Hall–Kier alpha value is -1.57. The van der Waals surface area contributed by atoms with E-state index >= 15 is 0 Å². The van der Waals surface area contributed by atoms with Gasteiger partial charge in [-0.25, -0.2) is 0 Å². The van der Waals surface area contributed by atoms with Gasteiger partial charge < -0.3 is 14.6 Å². The first kappa shape index (κ1) is 19.2. The van der Waals surface area contributed by atoms with Crippen molar-refractivity contribution < 1.29 is 19.4 Å². The highest BCUT2D eigenvalue weighted by Crippen LogP contribution is 2.43. The molecule has 0 amide bonds. The van der Waals surface area contributed by atoms with E-state index in [9.17, 15) is 9.90 Å². The Balaban J connectivity index is 2.14. The van der Waals surface area contributed by atoms with Crippen LogP contribution in [-0.2, 0) is 4.79 Å². The molecule has 2 aromatic rings. The third-order valence-electron chi connectivity index (χ3n) is 4.76. The minimum Gasteiger partial charge on any atom is -0.497 e. The van der Waals surface area contributed by atoms with Crippen LogP contribution < -0.4 is 9.47 Å². The molecule has 1 aliphatic heterocycles. The topological polar surface area (TPSA) is 59.0 Å². The lowest BCUT2D eigenvalue weighted by molar-refractivity contribution is -0.145. The third-order valence-corrected chi connectivity index (χ3v) is 6.43. The molecule has 2 atom stereocenters. The predicted molar refractivity (Wildman–Crippen MR) is 105 cm³/mol. The zero-order valence-corrected chi connectivity index (χ0v) is 17.2. The Kier molecular flexibility index (Phi) is 6.21. The molecule has 0 bridgehead atoms. The normalized spacial score (nSPS) is 19.1. The molecule has 2 unspecified atom stereocenters. The standard InChI is InChI=1S/C19H22BrNO4S/c1-24-12-6-7-15(25-2)13(11-12)18(16-8-9-17(20)26-16)21-10-4-3-5-14(21)19(22)23/h6-9,11,14,18H,3-5,10H2,1-2H3,(H,22,23). The van der Waals surface area contributed by atoms with Gasteiger partial charge in [0.1, 0.15) is 17.5 Å². The predicted octanol–water partition coefficient (Wildman–Crippen LogP) is 4.56. The number of benzene rings is 1. The maximum atomic E-state index is 11.9. The summed E-state index contributed by atoms with van der Waals surface area (Å²) in [4.78, 5) is 15.1. The molecule has 5 nitrogen and oxygen atoms in total. The summed E-state index contributed by atoms with van der Waals surface area (Å²) in [5.74, 6) is 0.688. The van der Waals surface area contributed by atoms with E-state index in [4.69, 9.17) is 9.47 Å². The zero-order chi connectivity index (χ0) is 18.7. The minimum atomic E-state index is -0.771. The Morgan fingerprint density at radius 3 is 2.69 bits per heavy atom. The Bertz CT molecular complexity index is 779. The largest absolute Gasteiger partial charge is 0.497 e. The summed E-state index contributed by atoms with van der Waals surface area (Å²) in [6, 6.07) is 9.02. The van der Waals surface area contributed by atoms with E-state index in [2.05, 4.69) is 20.8 Å². The number of carbonyl (C=O) groups is 1. The monoisotopic (exact) mass is 439 g/mol. The van der Waals surface area contributed by atoms with Gasteiger partial charge in [0.25, 0.3) is 0 Å². The number of carboxylic acids is 1. The second-order valence-corrected chi connectivity index (χ2v) is 8.73. The Morgan fingerprint density at radius 2 is 2.08 bits per heavy atom. The van der Waals surface area contributed by atoms with Crippen molar-refractivity contribution in [3.63, 3.8) is 0 Å².